The third kappa shape index (κ3) is 5.75. The number of amides is 2. The molecule has 0 spiro atoms. The smallest absolute Gasteiger partial charge is 0.245 e. The molecule has 0 heterocycles. The zero-order valence-corrected chi connectivity index (χ0v) is 17.1. The van der Waals surface area contributed by atoms with E-state index in [2.05, 4.69) is 33.2 Å². The fraction of sp³-hybridized carbons (Fsp3) is 0.158. The Morgan fingerprint density at radius 2 is 1.63 bits per heavy atom. The first-order valence-corrected chi connectivity index (χ1v) is 9.36. The molecular formula is C19H14F5IN2O3. The molecule has 2 amide bonds. The lowest BCUT2D eigenvalue weighted by Crippen LogP contribution is -2.48. The van der Waals surface area contributed by atoms with Crippen molar-refractivity contribution >= 4 is 40.5 Å². The Balaban J connectivity index is 2.04. The summed E-state index contributed by atoms with van der Waals surface area (Å²) in [5.74, 6) is -12.7. The van der Waals surface area contributed by atoms with Crippen LogP contribution in [0.25, 0.3) is 6.08 Å². The van der Waals surface area contributed by atoms with Gasteiger partial charge in [0, 0.05) is 16.2 Å². The van der Waals surface area contributed by atoms with Crippen molar-refractivity contribution < 1.29 is 36.6 Å². The van der Waals surface area contributed by atoms with Crippen LogP contribution in [0.5, 0.6) is 0 Å². The molecule has 0 aliphatic heterocycles. The van der Waals surface area contributed by atoms with E-state index in [-0.39, 0.29) is 6.54 Å². The van der Waals surface area contributed by atoms with Gasteiger partial charge in [0.2, 0.25) is 17.6 Å². The molecule has 5 nitrogen and oxygen atoms in total. The summed E-state index contributed by atoms with van der Waals surface area (Å²) in [5.41, 5.74) is -0.547. The number of nitrogens with one attached hydrogen (secondary N) is 2. The second kappa shape index (κ2) is 10.5. The Labute approximate surface area is 181 Å². The van der Waals surface area contributed by atoms with Crippen LogP contribution in [0.4, 0.5) is 22.0 Å². The lowest BCUT2D eigenvalue weighted by atomic mass is 10.1. The molecule has 1 unspecified atom stereocenters. The Morgan fingerprint density at radius 1 is 1.03 bits per heavy atom. The zero-order valence-electron chi connectivity index (χ0n) is 15.0. The van der Waals surface area contributed by atoms with Crippen molar-refractivity contribution in [2.24, 2.45) is 0 Å². The van der Waals surface area contributed by atoms with Gasteiger partial charge < -0.3 is 15.7 Å². The first-order chi connectivity index (χ1) is 14.1. The summed E-state index contributed by atoms with van der Waals surface area (Å²) in [4.78, 5) is 24.0. The fourth-order valence-corrected chi connectivity index (χ4v) is 2.91. The second-order valence-electron chi connectivity index (χ2n) is 5.91. The average Bonchev–Trinajstić information content (AvgIpc) is 2.73. The number of carbonyl (C=O) groups excluding carboxylic acids is 2. The maximum absolute atomic E-state index is 13.6. The van der Waals surface area contributed by atoms with E-state index < -0.39 is 59.1 Å². The molecule has 1 atom stereocenters. The Bertz CT molecular complexity index is 971. The number of aliphatic hydroxyl groups excluding tert-OH is 1. The van der Waals surface area contributed by atoms with Crippen LogP contribution in [-0.2, 0) is 16.1 Å². The van der Waals surface area contributed by atoms with Crippen molar-refractivity contribution in [1.82, 2.24) is 10.6 Å². The van der Waals surface area contributed by atoms with Crippen molar-refractivity contribution in [2.45, 2.75) is 12.6 Å². The van der Waals surface area contributed by atoms with Gasteiger partial charge in [-0.25, -0.2) is 22.0 Å². The van der Waals surface area contributed by atoms with Crippen molar-refractivity contribution in [3.8, 4) is 0 Å². The van der Waals surface area contributed by atoms with Crippen molar-refractivity contribution in [2.75, 3.05) is 6.61 Å². The normalized spacial score (nSPS) is 12.1. The van der Waals surface area contributed by atoms with E-state index in [0.29, 0.717) is 12.2 Å². The molecule has 0 fully saturated rings. The summed E-state index contributed by atoms with van der Waals surface area (Å²) in [7, 11) is 0. The first-order valence-electron chi connectivity index (χ1n) is 8.28. The van der Waals surface area contributed by atoms with Gasteiger partial charge in [-0.15, -0.1) is 0 Å². The Kier molecular flexibility index (Phi) is 8.29. The fourth-order valence-electron chi connectivity index (χ4n) is 2.30. The molecule has 2 aromatic rings. The summed E-state index contributed by atoms with van der Waals surface area (Å²) in [6, 6.07) is 5.78. The zero-order chi connectivity index (χ0) is 22.4. The van der Waals surface area contributed by atoms with Gasteiger partial charge in [0.05, 0.1) is 12.2 Å². The largest absolute Gasteiger partial charge is 0.394 e. The number of benzene rings is 2. The maximum Gasteiger partial charge on any atom is 0.245 e. The van der Waals surface area contributed by atoms with E-state index in [1.165, 1.54) is 0 Å². The number of aliphatic hydroxyl groups is 1. The Hall–Kier alpha value is -2.54. The predicted octanol–water partition coefficient (Wildman–Crippen LogP) is 2.79. The van der Waals surface area contributed by atoms with Gasteiger partial charge in [-0.3, -0.25) is 9.59 Å². The predicted molar refractivity (Wildman–Crippen MR) is 105 cm³/mol. The lowest BCUT2D eigenvalue weighted by Gasteiger charge is -2.15. The summed E-state index contributed by atoms with van der Waals surface area (Å²) >= 11 is 2.08. The topological polar surface area (TPSA) is 78.4 Å². The lowest BCUT2D eigenvalue weighted by molar-refractivity contribution is -0.128. The van der Waals surface area contributed by atoms with Gasteiger partial charge >= 0.3 is 0 Å². The average molecular weight is 540 g/mol. The van der Waals surface area contributed by atoms with Crippen molar-refractivity contribution in [1.29, 1.82) is 0 Å². The molecule has 160 valence electrons. The van der Waals surface area contributed by atoms with Gasteiger partial charge in [-0.2, -0.15) is 0 Å². The minimum Gasteiger partial charge on any atom is -0.394 e. The van der Waals surface area contributed by atoms with Crippen molar-refractivity contribution in [3.63, 3.8) is 0 Å². The van der Waals surface area contributed by atoms with Gasteiger partial charge in [0.15, 0.2) is 23.3 Å². The first kappa shape index (κ1) is 23.7. The molecule has 0 aliphatic carbocycles. The van der Waals surface area contributed by atoms with Crippen LogP contribution in [0.2, 0.25) is 0 Å². The van der Waals surface area contributed by atoms with Crippen LogP contribution in [0, 0.1) is 32.7 Å². The summed E-state index contributed by atoms with van der Waals surface area (Å²) in [5, 5.41) is 13.9. The molecule has 0 saturated heterocycles. The van der Waals surface area contributed by atoms with Gasteiger partial charge in [-0.05, 0) is 46.4 Å². The van der Waals surface area contributed by atoms with Crippen LogP contribution in [0.3, 0.4) is 0 Å². The van der Waals surface area contributed by atoms with E-state index >= 15 is 0 Å². The molecular weight excluding hydrogens is 526 g/mol. The monoisotopic (exact) mass is 540 g/mol. The number of hydrogen-bond donors (Lipinski definition) is 3. The highest BCUT2D eigenvalue weighted by Crippen LogP contribution is 2.23. The van der Waals surface area contributed by atoms with Crippen molar-refractivity contribution in [3.05, 3.63) is 74.1 Å². The molecule has 11 heteroatoms. The van der Waals surface area contributed by atoms with Gasteiger partial charge in [-0.1, -0.05) is 12.1 Å². The van der Waals surface area contributed by atoms with E-state index in [1.807, 2.05) is 6.07 Å². The minimum atomic E-state index is -2.32. The standard InChI is InChI=1S/C19H14F5IN2O3/c20-14-11(15(21)17(23)18(24)16(14)22)4-5-13(29)27-12(8-28)19(30)26-7-9-2-1-3-10(25)6-9/h1-6,12,28H,7-8H2,(H,26,30)(H,27,29). The third-order valence-corrected chi connectivity index (χ3v) is 4.49. The van der Waals surface area contributed by atoms with E-state index in [1.54, 1.807) is 18.2 Å². The minimum absolute atomic E-state index is 0.114. The SMILES string of the molecule is O=C(C=Cc1c(F)c(F)c(F)c(F)c1F)NC(CO)C(=O)NCc1cccc(I)c1. The molecule has 0 aliphatic rings. The number of rotatable bonds is 7. The highest BCUT2D eigenvalue weighted by molar-refractivity contribution is 14.1. The molecule has 2 aromatic carbocycles. The van der Waals surface area contributed by atoms with Crippen LogP contribution in [0.1, 0.15) is 11.1 Å². The molecule has 2 rings (SSSR count). The van der Waals surface area contributed by atoms with Crippen LogP contribution in [0.15, 0.2) is 30.3 Å². The number of carbonyl (C=O) groups is 2. The van der Waals surface area contributed by atoms with E-state index in [0.717, 1.165) is 9.13 Å². The molecule has 0 saturated carbocycles. The van der Waals surface area contributed by atoms with E-state index in [4.69, 9.17) is 0 Å². The molecule has 0 bridgehead atoms. The van der Waals surface area contributed by atoms with Gasteiger partial charge in [0.25, 0.3) is 0 Å². The molecule has 30 heavy (non-hydrogen) atoms. The molecule has 0 radical (unpaired) electrons. The summed E-state index contributed by atoms with van der Waals surface area (Å²) in [6.45, 7) is -0.678. The maximum atomic E-state index is 13.6. The Morgan fingerprint density at radius 3 is 2.20 bits per heavy atom. The second-order valence-corrected chi connectivity index (χ2v) is 7.15. The quantitative estimate of drug-likeness (QED) is 0.166. The highest BCUT2D eigenvalue weighted by Gasteiger charge is 2.24. The van der Waals surface area contributed by atoms with Gasteiger partial charge in [0.1, 0.15) is 6.04 Å². The van der Waals surface area contributed by atoms with Crippen LogP contribution >= 0.6 is 22.6 Å². The van der Waals surface area contributed by atoms with Crippen LogP contribution in [-0.4, -0.2) is 29.6 Å². The molecule has 3 N–H and O–H groups in total. The van der Waals surface area contributed by atoms with E-state index in [9.17, 15) is 36.6 Å². The number of halogens is 6. The highest BCUT2D eigenvalue weighted by atomic mass is 127. The summed E-state index contributed by atoms with van der Waals surface area (Å²) in [6.07, 6.45) is 0.859. The third-order valence-electron chi connectivity index (χ3n) is 3.82. The van der Waals surface area contributed by atoms with Crippen LogP contribution < -0.4 is 10.6 Å². The number of hydrogen-bond acceptors (Lipinski definition) is 3. The summed E-state index contributed by atoms with van der Waals surface area (Å²) < 4.78 is 67.5. The molecule has 0 aromatic heterocycles.